The maximum atomic E-state index is 5.28. The lowest BCUT2D eigenvalue weighted by Gasteiger charge is -2.06. The normalized spacial score (nSPS) is 12.1. The van der Waals surface area contributed by atoms with Crippen molar-refractivity contribution in [2.75, 3.05) is 0 Å². The summed E-state index contributed by atoms with van der Waals surface area (Å²) in [7, 11) is 0. The van der Waals surface area contributed by atoms with Crippen molar-refractivity contribution in [3.8, 4) is 0 Å². The summed E-state index contributed by atoms with van der Waals surface area (Å²) < 4.78 is 0. The highest BCUT2D eigenvalue weighted by atomic mass is 32.1. The van der Waals surface area contributed by atoms with Gasteiger partial charge in [-0.3, -0.25) is 0 Å². The summed E-state index contributed by atoms with van der Waals surface area (Å²) in [6.07, 6.45) is 1.19. The van der Waals surface area contributed by atoms with Gasteiger partial charge in [0.15, 0.2) is 5.11 Å². The van der Waals surface area contributed by atoms with Gasteiger partial charge in [-0.1, -0.05) is 12.7 Å². The summed E-state index contributed by atoms with van der Waals surface area (Å²) in [6.45, 7) is 3.41. The summed E-state index contributed by atoms with van der Waals surface area (Å²) in [6, 6.07) is 0. The highest BCUT2D eigenvalue weighted by molar-refractivity contribution is 7.80. The van der Waals surface area contributed by atoms with E-state index >= 15 is 0 Å². The fraction of sp³-hybridized carbons (Fsp3) is 0.250. The number of nitrogens with one attached hydrogen (secondary N) is 1. The Morgan fingerprint density at radius 1 is 1.88 bits per heavy atom. The van der Waals surface area contributed by atoms with Crippen LogP contribution in [0.25, 0.3) is 0 Å². The van der Waals surface area contributed by atoms with E-state index in [2.05, 4.69) is 24.1 Å². The minimum absolute atomic E-state index is 0.192. The Kier molecular flexibility index (Phi) is 3.14. The van der Waals surface area contributed by atoms with Crippen LogP contribution < -0.4 is 16.8 Å². The maximum absolute atomic E-state index is 5.28. The number of rotatable bonds is 2. The average Bonchev–Trinajstić information content (AvgIpc) is 1.65. The molecule has 1 unspecified atom stereocenters. The number of nitrogens with two attached hydrogens (primary N) is 2. The Morgan fingerprint density at radius 3 is 2.50 bits per heavy atom. The molecule has 8 heavy (non-hydrogen) atoms. The van der Waals surface area contributed by atoms with Gasteiger partial charge in [-0.15, -0.1) is 0 Å². The zero-order valence-corrected chi connectivity index (χ0v) is 5.24. The fourth-order valence-corrected chi connectivity index (χ4v) is 0.359. The third kappa shape index (κ3) is 3.58. The Hall–Kier alpha value is -0.610. The molecule has 0 fully saturated rings. The van der Waals surface area contributed by atoms with Crippen LogP contribution in [0.4, 0.5) is 0 Å². The van der Waals surface area contributed by atoms with Crippen molar-refractivity contribution in [2.24, 2.45) is 11.5 Å². The smallest absolute Gasteiger partial charge is 0.165 e. The van der Waals surface area contributed by atoms with Crippen LogP contribution in [0.15, 0.2) is 12.7 Å². The Labute approximate surface area is 53.7 Å². The van der Waals surface area contributed by atoms with Crippen molar-refractivity contribution >= 4 is 17.3 Å². The van der Waals surface area contributed by atoms with Gasteiger partial charge in [0.2, 0.25) is 0 Å². The predicted octanol–water partition coefficient (Wildman–Crippen LogP) is -0.710. The predicted molar refractivity (Wildman–Crippen MR) is 38.1 cm³/mol. The first-order valence-electron chi connectivity index (χ1n) is 2.11. The molecular weight excluding hydrogens is 122 g/mol. The molecule has 0 saturated heterocycles. The van der Waals surface area contributed by atoms with Crippen molar-refractivity contribution in [1.82, 2.24) is 5.32 Å². The van der Waals surface area contributed by atoms with Gasteiger partial charge < -0.3 is 16.8 Å². The van der Waals surface area contributed by atoms with Crippen LogP contribution >= 0.6 is 12.2 Å². The molecule has 0 rings (SSSR count). The van der Waals surface area contributed by atoms with Crippen LogP contribution in [0.2, 0.25) is 0 Å². The molecule has 0 spiro atoms. The van der Waals surface area contributed by atoms with Crippen molar-refractivity contribution in [1.29, 1.82) is 0 Å². The molecule has 0 aromatic heterocycles. The topological polar surface area (TPSA) is 64.1 Å². The van der Waals surface area contributed by atoms with Crippen LogP contribution in [0.1, 0.15) is 0 Å². The van der Waals surface area contributed by atoms with E-state index in [4.69, 9.17) is 11.5 Å². The van der Waals surface area contributed by atoms with Crippen molar-refractivity contribution in [3.63, 3.8) is 0 Å². The molecule has 0 amide bonds. The highest BCUT2D eigenvalue weighted by Gasteiger charge is 1.91. The third-order valence-electron chi connectivity index (χ3n) is 0.563. The van der Waals surface area contributed by atoms with Crippen molar-refractivity contribution in [2.45, 2.75) is 6.17 Å². The van der Waals surface area contributed by atoms with Gasteiger partial charge in [0.05, 0.1) is 6.17 Å². The van der Waals surface area contributed by atoms with E-state index in [1.807, 2.05) is 0 Å². The van der Waals surface area contributed by atoms with Crippen LogP contribution in [0, 0.1) is 0 Å². The van der Waals surface area contributed by atoms with E-state index in [1.165, 1.54) is 6.08 Å². The Bertz CT molecular complexity index is 101. The van der Waals surface area contributed by atoms with E-state index in [0.29, 0.717) is 0 Å². The van der Waals surface area contributed by atoms with Gasteiger partial charge in [0, 0.05) is 0 Å². The summed E-state index contributed by atoms with van der Waals surface area (Å²) in [5.41, 5.74) is 10.3. The van der Waals surface area contributed by atoms with Crippen molar-refractivity contribution < 1.29 is 0 Å². The minimum atomic E-state index is -0.326. The molecule has 0 aromatic carbocycles. The van der Waals surface area contributed by atoms with Crippen molar-refractivity contribution in [3.05, 3.63) is 12.7 Å². The second-order valence-electron chi connectivity index (χ2n) is 1.27. The molecule has 0 bridgehead atoms. The summed E-state index contributed by atoms with van der Waals surface area (Å²) in [5, 5.41) is 2.75. The van der Waals surface area contributed by atoms with E-state index in [0.717, 1.165) is 0 Å². The van der Waals surface area contributed by atoms with Gasteiger partial charge in [0.25, 0.3) is 0 Å². The van der Waals surface area contributed by atoms with Crippen LogP contribution in [-0.4, -0.2) is 11.3 Å². The molecule has 0 aliphatic carbocycles. The molecule has 4 heteroatoms. The molecule has 1 atom stereocenters. The van der Waals surface area contributed by atoms with E-state index < -0.39 is 0 Å². The lowest BCUT2D eigenvalue weighted by molar-refractivity contribution is 0.773. The number of hydrogen-bond donors (Lipinski definition) is 3. The van der Waals surface area contributed by atoms with Crippen LogP contribution in [0.3, 0.4) is 0 Å². The SMILES string of the molecule is C=CC(N)NC(N)=S. The highest BCUT2D eigenvalue weighted by Crippen LogP contribution is 1.68. The minimum Gasteiger partial charge on any atom is -0.376 e. The molecule has 0 heterocycles. The molecular formula is C4H9N3S. The van der Waals surface area contributed by atoms with Gasteiger partial charge in [0.1, 0.15) is 0 Å². The van der Waals surface area contributed by atoms with Gasteiger partial charge >= 0.3 is 0 Å². The quantitative estimate of drug-likeness (QED) is 0.263. The van der Waals surface area contributed by atoms with Gasteiger partial charge in [-0.05, 0) is 12.2 Å². The third-order valence-corrected chi connectivity index (χ3v) is 0.681. The fourth-order valence-electron chi connectivity index (χ4n) is 0.223. The summed E-state index contributed by atoms with van der Waals surface area (Å²) in [5.74, 6) is 0. The first kappa shape index (κ1) is 7.39. The second kappa shape index (κ2) is 3.40. The van der Waals surface area contributed by atoms with E-state index in [9.17, 15) is 0 Å². The molecule has 0 aliphatic heterocycles. The molecule has 0 aliphatic rings. The zero-order valence-electron chi connectivity index (χ0n) is 4.42. The van der Waals surface area contributed by atoms with Gasteiger partial charge in [-0.2, -0.15) is 0 Å². The molecule has 5 N–H and O–H groups in total. The van der Waals surface area contributed by atoms with Crippen LogP contribution in [0.5, 0.6) is 0 Å². The largest absolute Gasteiger partial charge is 0.376 e. The summed E-state index contributed by atoms with van der Waals surface area (Å²) >= 11 is 4.48. The molecule has 0 saturated carbocycles. The zero-order chi connectivity index (χ0) is 6.57. The lowest BCUT2D eigenvalue weighted by Crippen LogP contribution is -2.42. The molecule has 3 nitrogen and oxygen atoms in total. The number of thiocarbonyl (C=S) groups is 1. The number of hydrogen-bond acceptors (Lipinski definition) is 2. The Morgan fingerprint density at radius 2 is 2.38 bits per heavy atom. The van der Waals surface area contributed by atoms with E-state index in [-0.39, 0.29) is 11.3 Å². The second-order valence-corrected chi connectivity index (χ2v) is 1.71. The van der Waals surface area contributed by atoms with Crippen LogP contribution in [-0.2, 0) is 0 Å². The molecule has 0 aromatic rings. The van der Waals surface area contributed by atoms with Gasteiger partial charge in [-0.25, -0.2) is 0 Å². The van der Waals surface area contributed by atoms with E-state index in [1.54, 1.807) is 0 Å². The first-order chi connectivity index (χ1) is 3.66. The first-order valence-corrected chi connectivity index (χ1v) is 2.51. The monoisotopic (exact) mass is 131 g/mol. The standard InChI is InChI=1S/C4H9N3S/c1-2-3(5)7-4(6)8/h2-3H,1,5H2,(H3,6,7,8). The average molecular weight is 131 g/mol. The Balaban J connectivity index is 3.38. The molecule has 0 radical (unpaired) electrons. The molecule has 46 valence electrons. The maximum Gasteiger partial charge on any atom is 0.165 e. The summed E-state index contributed by atoms with van der Waals surface area (Å²) in [4.78, 5) is 0. The lowest BCUT2D eigenvalue weighted by atomic mass is 10.5.